The molecule has 12 heteroatoms. The fourth-order valence-electron chi connectivity index (χ4n) is 2.34. The molecule has 1 N–H and O–H groups in total. The largest absolute Gasteiger partial charge is 0.299 e. The van der Waals surface area contributed by atoms with Crippen molar-refractivity contribution in [3.8, 4) is 10.6 Å². The van der Waals surface area contributed by atoms with Gasteiger partial charge in [0.2, 0.25) is 11.0 Å². The molecule has 0 spiro atoms. The number of carbonyl (C=O) groups excluding carboxylic acids is 1. The number of carbonyl (C=O) groups is 1. The van der Waals surface area contributed by atoms with Crippen molar-refractivity contribution in [2.75, 3.05) is 5.32 Å². The molecule has 4 rings (SSSR count). The molecule has 4 aromatic heterocycles. The first kappa shape index (κ1) is 17.0. The lowest BCUT2D eigenvalue weighted by Gasteiger charge is -2.04. The second-order valence-corrected chi connectivity index (χ2v) is 7.77. The number of nitrogens with zero attached hydrogens (tertiary/aromatic N) is 6. The van der Waals surface area contributed by atoms with Crippen molar-refractivity contribution >= 4 is 60.7 Å². The highest BCUT2D eigenvalue weighted by molar-refractivity contribution is 9.10. The highest BCUT2D eigenvalue weighted by Crippen LogP contribution is 2.27. The molecule has 4 heterocycles. The predicted octanol–water partition coefficient (Wildman–Crippen LogP) is 2.11. The second kappa shape index (κ2) is 6.70. The maximum atomic E-state index is 12.5. The monoisotopic (exact) mass is 451 g/mol. The number of fused-ring (bicyclic) bond motifs is 1. The molecule has 0 atom stereocenters. The summed E-state index contributed by atoms with van der Waals surface area (Å²) in [6.45, 7) is -0.184. The predicted molar refractivity (Wildman–Crippen MR) is 102 cm³/mol. The molecule has 0 aliphatic rings. The summed E-state index contributed by atoms with van der Waals surface area (Å²) in [4.78, 5) is 29.0. The maximum Gasteiger partial charge on any atom is 0.266 e. The third kappa shape index (κ3) is 3.06. The summed E-state index contributed by atoms with van der Waals surface area (Å²) in [7, 11) is 1.69. The molecule has 0 fully saturated rings. The van der Waals surface area contributed by atoms with Crippen molar-refractivity contribution in [1.29, 1.82) is 0 Å². The Balaban J connectivity index is 1.54. The van der Waals surface area contributed by atoms with E-state index in [9.17, 15) is 9.59 Å². The van der Waals surface area contributed by atoms with E-state index in [2.05, 4.69) is 41.5 Å². The molecule has 0 unspecified atom stereocenters. The Labute approximate surface area is 162 Å². The summed E-state index contributed by atoms with van der Waals surface area (Å²) in [5.41, 5.74) is 1.06. The minimum atomic E-state index is -0.388. The highest BCUT2D eigenvalue weighted by atomic mass is 79.9. The van der Waals surface area contributed by atoms with E-state index in [0.29, 0.717) is 20.8 Å². The lowest BCUT2D eigenvalue weighted by atomic mass is 10.4. The molecule has 0 bridgehead atoms. The molecule has 0 saturated carbocycles. The van der Waals surface area contributed by atoms with Crippen LogP contribution in [-0.2, 0) is 18.4 Å². The van der Waals surface area contributed by atoms with Crippen LogP contribution >= 0.6 is 38.6 Å². The Morgan fingerprint density at radius 3 is 3.00 bits per heavy atom. The van der Waals surface area contributed by atoms with Gasteiger partial charge < -0.3 is 0 Å². The summed E-state index contributed by atoms with van der Waals surface area (Å²) >= 11 is 6.07. The number of anilines is 1. The summed E-state index contributed by atoms with van der Waals surface area (Å²) < 4.78 is 3.12. The Hall–Kier alpha value is -2.44. The Kier molecular flexibility index (Phi) is 4.38. The molecule has 9 nitrogen and oxygen atoms in total. The highest BCUT2D eigenvalue weighted by Gasteiger charge is 2.16. The van der Waals surface area contributed by atoms with Gasteiger partial charge in [-0.2, -0.15) is 16.4 Å². The second-order valence-electron chi connectivity index (χ2n) is 5.26. The smallest absolute Gasteiger partial charge is 0.266 e. The van der Waals surface area contributed by atoms with Crippen molar-refractivity contribution in [1.82, 2.24) is 29.5 Å². The number of thiophene rings is 1. The zero-order chi connectivity index (χ0) is 18.3. The molecule has 1 amide bonds. The van der Waals surface area contributed by atoms with Crippen molar-refractivity contribution in [2.45, 2.75) is 6.54 Å². The number of rotatable bonds is 4. The third-order valence-electron chi connectivity index (χ3n) is 3.52. The zero-order valence-electron chi connectivity index (χ0n) is 13.2. The summed E-state index contributed by atoms with van der Waals surface area (Å²) in [5, 5.41) is 20.1. The number of hydrogen-bond donors (Lipinski definition) is 1. The quantitative estimate of drug-likeness (QED) is 0.508. The first-order valence-electron chi connectivity index (χ1n) is 7.26. The van der Waals surface area contributed by atoms with Crippen LogP contribution < -0.4 is 10.9 Å². The van der Waals surface area contributed by atoms with Gasteiger partial charge in [-0.25, -0.2) is 9.67 Å². The molecular weight excluding hydrogens is 442 g/mol. The SMILES string of the molecule is Cn1nc(Br)c2c(=O)n(CC(=O)Nc3nnc(-c4ccsc4)s3)cnc21. The van der Waals surface area contributed by atoms with E-state index < -0.39 is 0 Å². The number of halogens is 1. The van der Waals surface area contributed by atoms with Crippen LogP contribution in [0.2, 0.25) is 0 Å². The minimum absolute atomic E-state index is 0.184. The Morgan fingerprint density at radius 2 is 2.23 bits per heavy atom. The van der Waals surface area contributed by atoms with E-state index in [-0.39, 0.29) is 18.0 Å². The van der Waals surface area contributed by atoms with E-state index in [4.69, 9.17) is 0 Å². The van der Waals surface area contributed by atoms with E-state index in [0.717, 1.165) is 10.6 Å². The van der Waals surface area contributed by atoms with Gasteiger partial charge in [-0.1, -0.05) is 11.3 Å². The molecule has 132 valence electrons. The van der Waals surface area contributed by atoms with Crippen molar-refractivity contribution in [2.24, 2.45) is 7.05 Å². The van der Waals surface area contributed by atoms with Gasteiger partial charge in [-0.05, 0) is 27.4 Å². The molecule has 0 saturated heterocycles. The van der Waals surface area contributed by atoms with Crippen LogP contribution in [0.4, 0.5) is 5.13 Å². The van der Waals surface area contributed by atoms with Gasteiger partial charge in [-0.3, -0.25) is 19.5 Å². The van der Waals surface area contributed by atoms with Gasteiger partial charge in [-0.15, -0.1) is 10.2 Å². The van der Waals surface area contributed by atoms with Crippen LogP contribution in [0, 0.1) is 0 Å². The molecule has 0 radical (unpaired) electrons. The van der Waals surface area contributed by atoms with Crippen LogP contribution in [-0.4, -0.2) is 35.4 Å². The average Bonchev–Trinajstić information content (AvgIpc) is 3.31. The van der Waals surface area contributed by atoms with E-state index in [1.54, 1.807) is 18.4 Å². The lowest BCUT2D eigenvalue weighted by molar-refractivity contribution is -0.116. The number of aromatic nitrogens is 6. The number of amides is 1. The van der Waals surface area contributed by atoms with Gasteiger partial charge >= 0.3 is 0 Å². The summed E-state index contributed by atoms with van der Waals surface area (Å²) in [6.07, 6.45) is 1.33. The van der Waals surface area contributed by atoms with Crippen LogP contribution in [0.5, 0.6) is 0 Å². The topological polar surface area (TPSA) is 108 Å². The van der Waals surface area contributed by atoms with Gasteiger partial charge in [0.15, 0.2) is 5.65 Å². The fraction of sp³-hybridized carbons (Fsp3) is 0.143. The number of hydrogen-bond acceptors (Lipinski definition) is 8. The van der Waals surface area contributed by atoms with Crippen LogP contribution in [0.1, 0.15) is 0 Å². The van der Waals surface area contributed by atoms with Gasteiger partial charge in [0, 0.05) is 18.0 Å². The molecular formula is C14H10BrN7O2S2. The minimum Gasteiger partial charge on any atom is -0.299 e. The first-order chi connectivity index (χ1) is 12.5. The van der Waals surface area contributed by atoms with Gasteiger partial charge in [0.05, 0.1) is 0 Å². The zero-order valence-corrected chi connectivity index (χ0v) is 16.4. The Bertz CT molecular complexity index is 1160. The fourth-order valence-corrected chi connectivity index (χ4v) is 4.39. The van der Waals surface area contributed by atoms with Crippen molar-refractivity contribution < 1.29 is 4.79 Å². The van der Waals surface area contributed by atoms with Crippen LogP contribution in [0.15, 0.2) is 32.6 Å². The van der Waals surface area contributed by atoms with Crippen molar-refractivity contribution in [3.05, 3.63) is 38.1 Å². The molecule has 0 aromatic carbocycles. The third-order valence-corrected chi connectivity index (χ3v) is 5.65. The van der Waals surface area contributed by atoms with E-state index in [1.165, 1.54) is 26.9 Å². The lowest BCUT2D eigenvalue weighted by Crippen LogP contribution is -2.28. The maximum absolute atomic E-state index is 12.5. The Morgan fingerprint density at radius 1 is 1.38 bits per heavy atom. The van der Waals surface area contributed by atoms with Gasteiger partial charge in [0.1, 0.15) is 27.9 Å². The van der Waals surface area contributed by atoms with Crippen LogP contribution in [0.25, 0.3) is 21.6 Å². The average molecular weight is 452 g/mol. The number of nitrogens with one attached hydrogen (secondary N) is 1. The molecule has 0 aliphatic carbocycles. The summed E-state index contributed by atoms with van der Waals surface area (Å²) in [6, 6.07) is 1.93. The molecule has 26 heavy (non-hydrogen) atoms. The first-order valence-corrected chi connectivity index (χ1v) is 9.81. The normalized spacial score (nSPS) is 11.2. The molecule has 4 aromatic rings. The standard InChI is InChI=1S/C14H10BrN7O2S2/c1-21-11-9(10(15)20-21)13(24)22(6-16-11)4-8(23)17-14-19-18-12(26-14)7-2-3-25-5-7/h2-3,5-6H,4H2,1H3,(H,17,19,23). The van der Waals surface area contributed by atoms with Crippen molar-refractivity contribution in [3.63, 3.8) is 0 Å². The van der Waals surface area contributed by atoms with E-state index in [1.807, 2.05) is 16.8 Å². The van der Waals surface area contributed by atoms with E-state index >= 15 is 0 Å². The molecule has 0 aliphatic heterocycles. The van der Waals surface area contributed by atoms with Gasteiger partial charge in [0.25, 0.3) is 5.56 Å². The van der Waals surface area contributed by atoms with Crippen LogP contribution in [0.3, 0.4) is 0 Å². The number of aryl methyl sites for hydroxylation is 1. The summed E-state index contributed by atoms with van der Waals surface area (Å²) in [5.74, 6) is -0.388.